The van der Waals surface area contributed by atoms with Crippen LogP contribution in [0.15, 0.2) is 72.9 Å². The summed E-state index contributed by atoms with van der Waals surface area (Å²) < 4.78 is 13.6. The number of nitrogens with one attached hydrogen (secondary N) is 1. The minimum absolute atomic E-state index is 0.139. The summed E-state index contributed by atoms with van der Waals surface area (Å²) in [5.74, 6) is 1.42. The van der Waals surface area contributed by atoms with Crippen LogP contribution in [-0.2, 0) is 6.42 Å². The van der Waals surface area contributed by atoms with Gasteiger partial charge in [-0.05, 0) is 86.1 Å². The highest BCUT2D eigenvalue weighted by Gasteiger charge is 2.43. The molecule has 3 heterocycles. The Hall–Kier alpha value is -3.84. The Balaban J connectivity index is 1.68. The number of aromatic nitrogens is 2. The number of nitrogens with zero attached hydrogens (tertiary/aromatic N) is 3. The lowest BCUT2D eigenvalue weighted by Crippen LogP contribution is -2.30. The first-order valence-electron chi connectivity index (χ1n) is 12.5. The molecule has 1 N–H and O–H groups in total. The molecule has 2 unspecified atom stereocenters. The van der Waals surface area contributed by atoms with E-state index in [0.29, 0.717) is 10.9 Å². The van der Waals surface area contributed by atoms with E-state index < -0.39 is 0 Å². The molecule has 0 amide bonds. The van der Waals surface area contributed by atoms with Crippen molar-refractivity contribution >= 4 is 23.0 Å². The van der Waals surface area contributed by atoms with E-state index in [1.807, 2.05) is 42.6 Å². The molecule has 1 aliphatic heterocycles. The van der Waals surface area contributed by atoms with Crippen LogP contribution in [0.3, 0.4) is 0 Å². The average molecular weight is 513 g/mol. The molecule has 0 radical (unpaired) electrons. The molecule has 0 spiro atoms. The van der Waals surface area contributed by atoms with Crippen LogP contribution in [0.2, 0.25) is 0 Å². The van der Waals surface area contributed by atoms with E-state index in [1.54, 1.807) is 14.2 Å². The second-order valence-corrected chi connectivity index (χ2v) is 9.60. The van der Waals surface area contributed by atoms with Crippen molar-refractivity contribution in [2.24, 2.45) is 0 Å². The van der Waals surface area contributed by atoms with Crippen LogP contribution in [0.4, 0.5) is 5.69 Å². The van der Waals surface area contributed by atoms with E-state index >= 15 is 0 Å². The van der Waals surface area contributed by atoms with E-state index in [4.69, 9.17) is 26.7 Å². The third-order valence-corrected chi connectivity index (χ3v) is 7.45. The van der Waals surface area contributed by atoms with E-state index in [1.165, 1.54) is 11.1 Å². The van der Waals surface area contributed by atoms with Gasteiger partial charge in [-0.2, -0.15) is 0 Å². The van der Waals surface area contributed by atoms with Gasteiger partial charge >= 0.3 is 0 Å². The molecule has 6 nitrogen and oxygen atoms in total. The number of benzene rings is 2. The van der Waals surface area contributed by atoms with Crippen LogP contribution in [0.1, 0.15) is 47.2 Å². The fourth-order valence-electron chi connectivity index (χ4n) is 5.28. The van der Waals surface area contributed by atoms with Crippen molar-refractivity contribution in [2.75, 3.05) is 19.1 Å². The Morgan fingerprint density at radius 1 is 0.973 bits per heavy atom. The third kappa shape index (κ3) is 4.44. The topological polar surface area (TPSA) is 51.6 Å². The van der Waals surface area contributed by atoms with Crippen LogP contribution < -0.4 is 19.7 Å². The van der Waals surface area contributed by atoms with Crippen LogP contribution in [0.5, 0.6) is 11.5 Å². The molecule has 1 saturated heterocycles. The standard InChI is InChI=1S/C30H32N4O2S/c1-6-21-10-12-22(13-11-21)33-19(2)17-24(20(33)3)29-28(25-9-7-8-16-31-25)32-30(37)34(29)26-15-14-23(35-4)18-27(26)36-5/h7-18,28-29H,6H2,1-5H3,(H,32,37). The summed E-state index contributed by atoms with van der Waals surface area (Å²) in [6, 6.07) is 22.6. The molecule has 0 aliphatic carbocycles. The van der Waals surface area contributed by atoms with Crippen molar-refractivity contribution in [3.8, 4) is 17.2 Å². The Labute approximate surface area is 223 Å². The number of thiocarbonyl (C=S) groups is 1. The van der Waals surface area contributed by atoms with Gasteiger partial charge in [0.2, 0.25) is 0 Å². The summed E-state index contributed by atoms with van der Waals surface area (Å²) in [5.41, 5.74) is 7.79. The molecule has 5 rings (SSSR count). The molecule has 7 heteroatoms. The van der Waals surface area contributed by atoms with Crippen LogP contribution >= 0.6 is 12.2 Å². The van der Waals surface area contributed by atoms with Gasteiger partial charge in [-0.3, -0.25) is 4.98 Å². The van der Waals surface area contributed by atoms with Crippen molar-refractivity contribution in [2.45, 2.75) is 39.3 Å². The maximum atomic E-state index is 5.94. The highest BCUT2D eigenvalue weighted by atomic mass is 32.1. The van der Waals surface area contributed by atoms with Gasteiger partial charge in [0.05, 0.1) is 37.7 Å². The quantitative estimate of drug-likeness (QED) is 0.296. The zero-order valence-electron chi connectivity index (χ0n) is 21.9. The van der Waals surface area contributed by atoms with E-state index in [9.17, 15) is 0 Å². The molecule has 1 fully saturated rings. The maximum Gasteiger partial charge on any atom is 0.174 e. The van der Waals surface area contributed by atoms with Crippen molar-refractivity contribution in [1.82, 2.24) is 14.9 Å². The lowest BCUT2D eigenvalue weighted by molar-refractivity contribution is 0.394. The van der Waals surface area contributed by atoms with Crippen molar-refractivity contribution in [1.29, 1.82) is 0 Å². The molecule has 0 bridgehead atoms. The first kappa shape index (κ1) is 24.8. The molecule has 2 aromatic carbocycles. The first-order chi connectivity index (χ1) is 18.0. The predicted octanol–water partition coefficient (Wildman–Crippen LogP) is 6.25. The Kier molecular flexibility index (Phi) is 6.89. The van der Waals surface area contributed by atoms with E-state index in [-0.39, 0.29) is 12.1 Å². The summed E-state index contributed by atoms with van der Waals surface area (Å²) in [6.07, 6.45) is 2.84. The van der Waals surface area contributed by atoms with Crippen molar-refractivity contribution in [3.05, 3.63) is 101 Å². The third-order valence-electron chi connectivity index (χ3n) is 7.14. The SMILES string of the molecule is CCc1ccc(-n2c(C)cc(C3C(c4ccccn4)NC(=S)N3c3ccc(OC)cc3OC)c2C)cc1. The molecule has 190 valence electrons. The monoisotopic (exact) mass is 512 g/mol. The largest absolute Gasteiger partial charge is 0.497 e. The lowest BCUT2D eigenvalue weighted by atomic mass is 9.96. The molecule has 2 aromatic heterocycles. The minimum atomic E-state index is -0.142. The zero-order valence-corrected chi connectivity index (χ0v) is 22.7. The number of rotatable bonds is 7. The van der Waals surface area contributed by atoms with Gasteiger partial charge in [0.1, 0.15) is 11.5 Å². The fourth-order valence-corrected chi connectivity index (χ4v) is 5.62. The minimum Gasteiger partial charge on any atom is -0.497 e. The number of hydrogen-bond donors (Lipinski definition) is 1. The first-order valence-corrected chi connectivity index (χ1v) is 12.9. The molecule has 4 aromatic rings. The second kappa shape index (κ2) is 10.3. The molecule has 2 atom stereocenters. The summed E-state index contributed by atoms with van der Waals surface area (Å²) >= 11 is 5.94. The number of pyridine rings is 1. The fraction of sp³-hybridized carbons (Fsp3) is 0.267. The number of ether oxygens (including phenoxy) is 2. The van der Waals surface area contributed by atoms with Gasteiger partial charge in [0, 0.05) is 29.3 Å². The number of aryl methyl sites for hydroxylation is 2. The molecule has 37 heavy (non-hydrogen) atoms. The average Bonchev–Trinajstić information content (AvgIpc) is 3.43. The van der Waals surface area contributed by atoms with Crippen LogP contribution in [0.25, 0.3) is 5.69 Å². The lowest BCUT2D eigenvalue weighted by Gasteiger charge is -2.29. The zero-order chi connectivity index (χ0) is 26.1. The summed E-state index contributed by atoms with van der Waals surface area (Å²) in [5, 5.41) is 4.18. The van der Waals surface area contributed by atoms with Gasteiger partial charge in [0.15, 0.2) is 5.11 Å². The summed E-state index contributed by atoms with van der Waals surface area (Å²) in [7, 11) is 3.32. The van der Waals surface area contributed by atoms with Crippen molar-refractivity contribution < 1.29 is 9.47 Å². The van der Waals surface area contributed by atoms with Gasteiger partial charge in [-0.15, -0.1) is 0 Å². The molecular formula is C30H32N4O2S. The molecule has 1 aliphatic rings. The van der Waals surface area contributed by atoms with Crippen LogP contribution in [-0.4, -0.2) is 28.9 Å². The summed E-state index contributed by atoms with van der Waals surface area (Å²) in [6.45, 7) is 6.50. The molecular weight excluding hydrogens is 480 g/mol. The second-order valence-electron chi connectivity index (χ2n) is 9.22. The maximum absolute atomic E-state index is 5.94. The summed E-state index contributed by atoms with van der Waals surface area (Å²) in [4.78, 5) is 6.85. The van der Waals surface area contributed by atoms with Crippen LogP contribution in [0, 0.1) is 13.8 Å². The smallest absolute Gasteiger partial charge is 0.174 e. The number of anilines is 1. The van der Waals surface area contributed by atoms with Gasteiger partial charge in [-0.25, -0.2) is 0 Å². The van der Waals surface area contributed by atoms with Gasteiger partial charge in [0.25, 0.3) is 0 Å². The molecule has 0 saturated carbocycles. The predicted molar refractivity (Wildman–Crippen MR) is 152 cm³/mol. The number of methoxy groups -OCH3 is 2. The highest BCUT2D eigenvalue weighted by Crippen LogP contribution is 2.46. The Bertz CT molecular complexity index is 1420. The Morgan fingerprint density at radius 3 is 2.41 bits per heavy atom. The van der Waals surface area contributed by atoms with Crippen molar-refractivity contribution in [3.63, 3.8) is 0 Å². The Morgan fingerprint density at radius 2 is 1.76 bits per heavy atom. The number of hydrogen-bond acceptors (Lipinski definition) is 4. The van der Waals surface area contributed by atoms with Gasteiger partial charge in [-0.1, -0.05) is 25.1 Å². The van der Waals surface area contributed by atoms with E-state index in [0.717, 1.165) is 40.6 Å². The normalized spacial score (nSPS) is 17.1. The van der Waals surface area contributed by atoms with E-state index in [2.05, 4.69) is 65.9 Å². The van der Waals surface area contributed by atoms with Gasteiger partial charge < -0.3 is 24.3 Å². The highest BCUT2D eigenvalue weighted by molar-refractivity contribution is 7.80.